The first-order valence-electron chi connectivity index (χ1n) is 7.39. The summed E-state index contributed by atoms with van der Waals surface area (Å²) in [5.74, 6) is -1.82. The summed E-state index contributed by atoms with van der Waals surface area (Å²) in [5.41, 5.74) is 1.12. The highest BCUT2D eigenvalue weighted by molar-refractivity contribution is 5.26. The molecule has 1 heterocycles. The largest absolute Gasteiger partial charge is 0.292 e. The van der Waals surface area contributed by atoms with Gasteiger partial charge in [-0.1, -0.05) is 30.3 Å². The van der Waals surface area contributed by atoms with Crippen molar-refractivity contribution in [3.05, 3.63) is 81.4 Å². The minimum absolute atomic E-state index is 0.0854. The number of nitrogens with zero attached hydrogens (tertiary/aromatic N) is 2. The Morgan fingerprint density at radius 3 is 2.57 bits per heavy atom. The Hall–Kier alpha value is -2.34. The SMILES string of the molecule is O=[N+]([O-])C1CN(Cc2ccccc2)C[C@@H]1c1cc(F)ccc1F. The van der Waals surface area contributed by atoms with Crippen molar-refractivity contribution in [1.82, 2.24) is 4.90 Å². The van der Waals surface area contributed by atoms with Gasteiger partial charge in [0.25, 0.3) is 0 Å². The molecule has 4 nitrogen and oxygen atoms in total. The Morgan fingerprint density at radius 1 is 1.13 bits per heavy atom. The lowest BCUT2D eigenvalue weighted by Crippen LogP contribution is -2.28. The van der Waals surface area contributed by atoms with Crippen LogP contribution in [0, 0.1) is 21.7 Å². The van der Waals surface area contributed by atoms with Gasteiger partial charge in [0.2, 0.25) is 6.04 Å². The quantitative estimate of drug-likeness (QED) is 0.642. The van der Waals surface area contributed by atoms with Crippen molar-refractivity contribution in [2.75, 3.05) is 13.1 Å². The van der Waals surface area contributed by atoms with Crippen LogP contribution in [0.15, 0.2) is 48.5 Å². The normalized spacial score (nSPS) is 21.5. The van der Waals surface area contributed by atoms with Crippen LogP contribution in [0.3, 0.4) is 0 Å². The van der Waals surface area contributed by atoms with Crippen LogP contribution in [0.5, 0.6) is 0 Å². The molecule has 0 radical (unpaired) electrons. The van der Waals surface area contributed by atoms with Crippen LogP contribution >= 0.6 is 0 Å². The molecule has 1 saturated heterocycles. The summed E-state index contributed by atoms with van der Waals surface area (Å²) < 4.78 is 27.4. The molecule has 1 unspecified atom stereocenters. The first kappa shape index (κ1) is 15.6. The van der Waals surface area contributed by atoms with E-state index < -0.39 is 23.6 Å². The zero-order chi connectivity index (χ0) is 16.4. The number of hydrogen-bond acceptors (Lipinski definition) is 3. The standard InChI is InChI=1S/C17H16F2N2O2/c18-13-6-7-16(19)14(8-13)15-10-20(11-17(15)21(22)23)9-12-4-2-1-3-5-12/h1-8,15,17H,9-11H2/t15-,17?/m1/s1. The average molecular weight is 318 g/mol. The van der Waals surface area contributed by atoms with Crippen LogP contribution in [-0.2, 0) is 6.54 Å². The number of halogens is 2. The monoisotopic (exact) mass is 318 g/mol. The molecule has 0 amide bonds. The number of benzene rings is 2. The summed E-state index contributed by atoms with van der Waals surface area (Å²) in [6.45, 7) is 1.11. The fourth-order valence-electron chi connectivity index (χ4n) is 3.15. The van der Waals surface area contributed by atoms with Crippen LogP contribution < -0.4 is 0 Å². The summed E-state index contributed by atoms with van der Waals surface area (Å²) in [7, 11) is 0. The lowest BCUT2D eigenvalue weighted by molar-refractivity contribution is -0.521. The number of rotatable bonds is 4. The van der Waals surface area contributed by atoms with E-state index in [-0.39, 0.29) is 17.0 Å². The highest BCUT2D eigenvalue weighted by Crippen LogP contribution is 2.32. The molecule has 1 aliphatic rings. The Bertz CT molecular complexity index is 709. The molecule has 2 atom stereocenters. The first-order chi connectivity index (χ1) is 11.0. The van der Waals surface area contributed by atoms with Gasteiger partial charge < -0.3 is 0 Å². The molecule has 0 aliphatic carbocycles. The van der Waals surface area contributed by atoms with Gasteiger partial charge in [-0.25, -0.2) is 8.78 Å². The van der Waals surface area contributed by atoms with Crippen LogP contribution in [0.4, 0.5) is 8.78 Å². The molecule has 0 saturated carbocycles. The molecule has 120 valence electrons. The number of likely N-dealkylation sites (tertiary alicyclic amines) is 1. The van der Waals surface area contributed by atoms with E-state index in [1.807, 2.05) is 35.2 Å². The number of hydrogen-bond donors (Lipinski definition) is 0. The van der Waals surface area contributed by atoms with Crippen molar-refractivity contribution >= 4 is 0 Å². The van der Waals surface area contributed by atoms with E-state index in [1.165, 1.54) is 0 Å². The lowest BCUT2D eigenvalue weighted by Gasteiger charge is -2.15. The molecule has 0 aromatic heterocycles. The van der Waals surface area contributed by atoms with Crippen molar-refractivity contribution in [2.45, 2.75) is 18.5 Å². The van der Waals surface area contributed by atoms with Gasteiger partial charge in [0.05, 0.1) is 12.5 Å². The molecular formula is C17H16F2N2O2. The van der Waals surface area contributed by atoms with Gasteiger partial charge in [-0.2, -0.15) is 0 Å². The van der Waals surface area contributed by atoms with Crippen molar-refractivity contribution in [3.8, 4) is 0 Å². The first-order valence-corrected chi connectivity index (χ1v) is 7.39. The molecule has 0 bridgehead atoms. The van der Waals surface area contributed by atoms with Crippen LogP contribution in [0.1, 0.15) is 17.0 Å². The maximum Gasteiger partial charge on any atom is 0.233 e. The highest BCUT2D eigenvalue weighted by Gasteiger charge is 2.43. The summed E-state index contributed by atoms with van der Waals surface area (Å²) in [5, 5.41) is 11.3. The van der Waals surface area contributed by atoms with Gasteiger partial charge in [-0.15, -0.1) is 0 Å². The molecule has 1 fully saturated rings. The zero-order valence-electron chi connectivity index (χ0n) is 12.4. The molecule has 23 heavy (non-hydrogen) atoms. The number of nitro groups is 1. The van der Waals surface area contributed by atoms with Gasteiger partial charge >= 0.3 is 0 Å². The van der Waals surface area contributed by atoms with Crippen molar-refractivity contribution < 1.29 is 13.7 Å². The van der Waals surface area contributed by atoms with Gasteiger partial charge in [0.15, 0.2) is 0 Å². The topological polar surface area (TPSA) is 46.4 Å². The second-order valence-corrected chi connectivity index (χ2v) is 5.80. The summed E-state index contributed by atoms with van der Waals surface area (Å²) >= 11 is 0. The van der Waals surface area contributed by atoms with Crippen molar-refractivity contribution in [1.29, 1.82) is 0 Å². The van der Waals surface area contributed by atoms with E-state index in [4.69, 9.17) is 0 Å². The van der Waals surface area contributed by atoms with Crippen LogP contribution in [0.2, 0.25) is 0 Å². The molecule has 1 aliphatic heterocycles. The zero-order valence-corrected chi connectivity index (χ0v) is 12.4. The molecule has 2 aromatic rings. The Kier molecular flexibility index (Phi) is 4.34. The molecule has 0 N–H and O–H groups in total. The van der Waals surface area contributed by atoms with E-state index in [0.717, 1.165) is 23.8 Å². The predicted octanol–water partition coefficient (Wildman–Crippen LogP) is 3.21. The molecule has 6 heteroatoms. The van der Waals surface area contributed by atoms with E-state index >= 15 is 0 Å². The lowest BCUT2D eigenvalue weighted by atomic mass is 9.94. The van der Waals surface area contributed by atoms with Gasteiger partial charge in [0, 0.05) is 23.6 Å². The fourth-order valence-corrected chi connectivity index (χ4v) is 3.15. The van der Waals surface area contributed by atoms with E-state index in [0.29, 0.717) is 13.1 Å². The second-order valence-electron chi connectivity index (χ2n) is 5.80. The summed E-state index contributed by atoms with van der Waals surface area (Å²) in [6, 6.07) is 11.8. The average Bonchev–Trinajstić information content (AvgIpc) is 2.94. The van der Waals surface area contributed by atoms with E-state index in [9.17, 15) is 18.9 Å². The fraction of sp³-hybridized carbons (Fsp3) is 0.294. The summed E-state index contributed by atoms with van der Waals surface area (Å²) in [4.78, 5) is 12.9. The third-order valence-corrected chi connectivity index (χ3v) is 4.24. The van der Waals surface area contributed by atoms with Gasteiger partial charge in [-0.05, 0) is 23.8 Å². The third-order valence-electron chi connectivity index (χ3n) is 4.24. The van der Waals surface area contributed by atoms with Gasteiger partial charge in [-0.3, -0.25) is 15.0 Å². The summed E-state index contributed by atoms with van der Waals surface area (Å²) in [6.07, 6.45) is 0. The predicted molar refractivity (Wildman–Crippen MR) is 81.6 cm³/mol. The van der Waals surface area contributed by atoms with E-state index in [1.54, 1.807) is 0 Å². The smallest absolute Gasteiger partial charge is 0.233 e. The maximum absolute atomic E-state index is 14.0. The third kappa shape index (κ3) is 3.37. The van der Waals surface area contributed by atoms with E-state index in [2.05, 4.69) is 0 Å². The Balaban J connectivity index is 1.84. The van der Waals surface area contributed by atoms with Crippen molar-refractivity contribution in [3.63, 3.8) is 0 Å². The minimum Gasteiger partial charge on any atom is -0.292 e. The molecular weight excluding hydrogens is 302 g/mol. The van der Waals surface area contributed by atoms with Gasteiger partial charge in [0.1, 0.15) is 11.6 Å². The minimum atomic E-state index is -0.935. The molecule has 2 aromatic carbocycles. The molecule has 0 spiro atoms. The van der Waals surface area contributed by atoms with Crippen LogP contribution in [0.25, 0.3) is 0 Å². The van der Waals surface area contributed by atoms with Crippen molar-refractivity contribution in [2.24, 2.45) is 0 Å². The van der Waals surface area contributed by atoms with Crippen LogP contribution in [-0.4, -0.2) is 29.0 Å². The Morgan fingerprint density at radius 2 is 1.87 bits per heavy atom. The second kappa shape index (κ2) is 6.42. The highest BCUT2D eigenvalue weighted by atomic mass is 19.1. The maximum atomic E-state index is 14.0. The Labute approximate surface area is 132 Å². The molecule has 3 rings (SSSR count).